The van der Waals surface area contributed by atoms with Crippen molar-refractivity contribution in [2.24, 2.45) is 0 Å². The van der Waals surface area contributed by atoms with Crippen molar-refractivity contribution in [3.8, 4) is 0 Å². The van der Waals surface area contributed by atoms with Crippen molar-refractivity contribution in [2.45, 2.75) is 56.4 Å². The molecule has 1 saturated carbocycles. The van der Waals surface area contributed by atoms with Crippen molar-refractivity contribution in [3.63, 3.8) is 0 Å². The number of aliphatic hydroxyl groups is 1. The molecule has 0 aliphatic heterocycles. The predicted molar refractivity (Wildman–Crippen MR) is 65.2 cm³/mol. The first-order valence-electron chi connectivity index (χ1n) is 5.85. The van der Waals surface area contributed by atoms with Gasteiger partial charge in [0.1, 0.15) is 0 Å². The smallest absolute Gasteiger partial charge is 0.153 e. The van der Waals surface area contributed by atoms with E-state index in [1.54, 1.807) is 13.8 Å². The van der Waals surface area contributed by atoms with E-state index in [-0.39, 0.29) is 12.1 Å². The molecule has 16 heavy (non-hydrogen) atoms. The lowest BCUT2D eigenvalue weighted by atomic mass is 9.92. The highest BCUT2D eigenvalue weighted by Crippen LogP contribution is 2.20. The highest BCUT2D eigenvalue weighted by Gasteiger charge is 2.32. The van der Waals surface area contributed by atoms with Gasteiger partial charge in [-0.1, -0.05) is 12.8 Å². The van der Waals surface area contributed by atoms with Crippen LogP contribution in [0.3, 0.4) is 0 Å². The van der Waals surface area contributed by atoms with Crippen LogP contribution in [0.4, 0.5) is 0 Å². The Kier molecular flexibility index (Phi) is 4.37. The lowest BCUT2D eigenvalue weighted by molar-refractivity contribution is 0.0901. The summed E-state index contributed by atoms with van der Waals surface area (Å²) < 4.78 is 22.2. The second-order valence-corrected chi connectivity index (χ2v) is 8.02. The first-order chi connectivity index (χ1) is 7.24. The maximum atomic E-state index is 11.5. The number of aliphatic hydroxyl groups excluding tert-OH is 1. The monoisotopic (exact) mass is 249 g/mol. The van der Waals surface area contributed by atoms with Gasteiger partial charge in [-0.15, -0.1) is 0 Å². The molecule has 1 aliphatic rings. The Labute approximate surface area is 98.4 Å². The summed E-state index contributed by atoms with van der Waals surface area (Å²) in [7, 11) is -3.06. The minimum Gasteiger partial charge on any atom is -0.392 e. The molecular formula is C11H23NO3S. The standard InChI is InChI=1S/C11H23NO3S/c1-11(2,16(3,14)15)8-12-9-6-4-5-7-10(9)13/h9-10,12-13H,4-8H2,1-3H3/t9-,10-/m0/s1. The van der Waals surface area contributed by atoms with E-state index in [0.717, 1.165) is 25.7 Å². The Morgan fingerprint density at radius 2 is 1.88 bits per heavy atom. The molecule has 2 N–H and O–H groups in total. The molecular weight excluding hydrogens is 226 g/mol. The van der Waals surface area contributed by atoms with Crippen LogP contribution in [-0.4, -0.2) is 43.2 Å². The molecule has 1 aliphatic carbocycles. The summed E-state index contributed by atoms with van der Waals surface area (Å²) in [5.41, 5.74) is 0. The Bertz CT molecular complexity index is 324. The van der Waals surface area contributed by atoms with E-state index < -0.39 is 14.6 Å². The van der Waals surface area contributed by atoms with E-state index in [1.165, 1.54) is 6.26 Å². The number of nitrogens with one attached hydrogen (secondary N) is 1. The summed E-state index contributed by atoms with van der Waals surface area (Å²) in [4.78, 5) is 0. The third-order valence-corrected chi connectivity index (χ3v) is 5.68. The van der Waals surface area contributed by atoms with E-state index in [2.05, 4.69) is 5.32 Å². The van der Waals surface area contributed by atoms with Crippen molar-refractivity contribution in [1.82, 2.24) is 5.32 Å². The quantitative estimate of drug-likeness (QED) is 0.770. The number of hydrogen-bond donors (Lipinski definition) is 2. The normalized spacial score (nSPS) is 28.0. The fraction of sp³-hybridized carbons (Fsp3) is 1.00. The van der Waals surface area contributed by atoms with Gasteiger partial charge in [0.15, 0.2) is 9.84 Å². The average Bonchev–Trinajstić information content (AvgIpc) is 2.15. The Morgan fingerprint density at radius 1 is 1.31 bits per heavy atom. The predicted octanol–water partition coefficient (Wildman–Crippen LogP) is 0.703. The third-order valence-electron chi connectivity index (χ3n) is 3.52. The van der Waals surface area contributed by atoms with Crippen molar-refractivity contribution in [3.05, 3.63) is 0 Å². The number of sulfone groups is 1. The fourth-order valence-electron chi connectivity index (χ4n) is 1.86. The maximum Gasteiger partial charge on any atom is 0.153 e. The Hall–Kier alpha value is -0.130. The molecule has 0 aromatic rings. The van der Waals surface area contributed by atoms with Gasteiger partial charge in [-0.25, -0.2) is 8.42 Å². The van der Waals surface area contributed by atoms with Gasteiger partial charge in [0.2, 0.25) is 0 Å². The molecule has 5 heteroatoms. The van der Waals surface area contributed by atoms with Gasteiger partial charge in [-0.05, 0) is 26.7 Å². The number of hydrogen-bond acceptors (Lipinski definition) is 4. The molecule has 0 saturated heterocycles. The van der Waals surface area contributed by atoms with Gasteiger partial charge < -0.3 is 10.4 Å². The van der Waals surface area contributed by atoms with E-state index in [0.29, 0.717) is 6.54 Å². The molecule has 1 fully saturated rings. The summed E-state index contributed by atoms with van der Waals surface area (Å²) in [6.45, 7) is 3.82. The van der Waals surface area contributed by atoms with E-state index in [9.17, 15) is 13.5 Å². The molecule has 4 nitrogen and oxygen atoms in total. The molecule has 0 radical (unpaired) electrons. The minimum atomic E-state index is -3.06. The Morgan fingerprint density at radius 3 is 2.38 bits per heavy atom. The largest absolute Gasteiger partial charge is 0.392 e. The topological polar surface area (TPSA) is 66.4 Å². The zero-order valence-electron chi connectivity index (χ0n) is 10.4. The molecule has 0 unspecified atom stereocenters. The van der Waals surface area contributed by atoms with Gasteiger partial charge >= 0.3 is 0 Å². The highest BCUT2D eigenvalue weighted by molar-refractivity contribution is 7.92. The Balaban J connectivity index is 2.50. The van der Waals surface area contributed by atoms with Gasteiger partial charge in [0.25, 0.3) is 0 Å². The number of rotatable bonds is 4. The van der Waals surface area contributed by atoms with Gasteiger partial charge in [-0.2, -0.15) is 0 Å². The van der Waals surface area contributed by atoms with E-state index in [4.69, 9.17) is 0 Å². The summed E-state index contributed by atoms with van der Waals surface area (Å²) >= 11 is 0. The van der Waals surface area contributed by atoms with Crippen LogP contribution in [-0.2, 0) is 9.84 Å². The van der Waals surface area contributed by atoms with Crippen LogP contribution in [0.2, 0.25) is 0 Å². The van der Waals surface area contributed by atoms with Crippen molar-refractivity contribution >= 4 is 9.84 Å². The minimum absolute atomic E-state index is 0.0507. The molecule has 0 bridgehead atoms. The van der Waals surface area contributed by atoms with Gasteiger partial charge in [0.05, 0.1) is 10.9 Å². The summed E-state index contributed by atoms with van der Waals surface area (Å²) in [6, 6.07) is 0.0507. The van der Waals surface area contributed by atoms with Crippen molar-refractivity contribution in [1.29, 1.82) is 0 Å². The molecule has 1 rings (SSSR count). The zero-order valence-corrected chi connectivity index (χ0v) is 11.2. The molecule has 2 atom stereocenters. The highest BCUT2D eigenvalue weighted by atomic mass is 32.2. The van der Waals surface area contributed by atoms with Crippen LogP contribution in [0.5, 0.6) is 0 Å². The summed E-state index contributed by atoms with van der Waals surface area (Å²) in [5, 5.41) is 12.9. The van der Waals surface area contributed by atoms with Gasteiger partial charge in [-0.3, -0.25) is 0 Å². The summed E-state index contributed by atoms with van der Waals surface area (Å²) in [5.74, 6) is 0. The fourth-order valence-corrected chi connectivity index (χ4v) is 2.20. The first-order valence-corrected chi connectivity index (χ1v) is 7.74. The van der Waals surface area contributed by atoms with Crippen LogP contribution in [0.1, 0.15) is 39.5 Å². The third kappa shape index (κ3) is 3.43. The van der Waals surface area contributed by atoms with Crippen LogP contribution in [0.25, 0.3) is 0 Å². The first kappa shape index (κ1) is 13.9. The molecule has 0 aromatic carbocycles. The van der Waals surface area contributed by atoms with E-state index in [1.807, 2.05) is 0 Å². The van der Waals surface area contributed by atoms with Crippen LogP contribution >= 0.6 is 0 Å². The van der Waals surface area contributed by atoms with Crippen LogP contribution in [0, 0.1) is 0 Å². The van der Waals surface area contributed by atoms with Crippen molar-refractivity contribution < 1.29 is 13.5 Å². The maximum absolute atomic E-state index is 11.5. The second-order valence-electron chi connectivity index (χ2n) is 5.37. The summed E-state index contributed by atoms with van der Waals surface area (Å²) in [6.07, 6.45) is 4.84. The molecule has 0 amide bonds. The average molecular weight is 249 g/mol. The molecule has 0 heterocycles. The molecule has 0 spiro atoms. The SMILES string of the molecule is CC(C)(CN[C@H]1CCCC[C@@H]1O)S(C)(=O)=O. The lowest BCUT2D eigenvalue weighted by Gasteiger charge is -2.32. The van der Waals surface area contributed by atoms with Gasteiger partial charge in [0, 0.05) is 18.8 Å². The van der Waals surface area contributed by atoms with Crippen LogP contribution < -0.4 is 5.32 Å². The zero-order chi connectivity index (χ0) is 12.4. The van der Waals surface area contributed by atoms with Crippen molar-refractivity contribution in [2.75, 3.05) is 12.8 Å². The second kappa shape index (κ2) is 5.02. The lowest BCUT2D eigenvalue weighted by Crippen LogP contribution is -2.49. The van der Waals surface area contributed by atoms with Crippen LogP contribution in [0.15, 0.2) is 0 Å². The van der Waals surface area contributed by atoms with E-state index >= 15 is 0 Å². The molecule has 0 aromatic heterocycles. The molecule has 96 valence electrons.